The van der Waals surface area contributed by atoms with Gasteiger partial charge in [-0.2, -0.15) is 0 Å². The molecule has 0 saturated carbocycles. The fourth-order valence-electron chi connectivity index (χ4n) is 5.06. The maximum atomic E-state index is 10.2. The zero-order valence-corrected chi connectivity index (χ0v) is 19.7. The molecule has 2 heterocycles. The molecule has 0 amide bonds. The standard InChI is InChI=1S/C31H21BN2O3/c35-32(36)23-17-21(20-14-15-30-26(19-20)25-10-4-7-13-29(25)37-30)16-22(18-23)31-33-27-11-5-6-12-28(27)34(31)24-8-2-1-3-9-24/h1-19,35-36H. The minimum Gasteiger partial charge on any atom is -0.456 e. The molecule has 5 nitrogen and oxygen atoms in total. The first-order valence-corrected chi connectivity index (χ1v) is 12.1. The van der Waals surface area contributed by atoms with Crippen LogP contribution in [-0.2, 0) is 0 Å². The van der Waals surface area contributed by atoms with Crippen LogP contribution >= 0.6 is 0 Å². The molecule has 0 aliphatic heterocycles. The van der Waals surface area contributed by atoms with E-state index in [1.54, 1.807) is 6.07 Å². The van der Waals surface area contributed by atoms with Crippen LogP contribution in [0.5, 0.6) is 0 Å². The molecule has 0 spiro atoms. The van der Waals surface area contributed by atoms with Crippen molar-refractivity contribution in [3.8, 4) is 28.2 Å². The van der Waals surface area contributed by atoms with Gasteiger partial charge in [0, 0.05) is 22.0 Å². The highest BCUT2D eigenvalue weighted by molar-refractivity contribution is 6.58. The van der Waals surface area contributed by atoms with Crippen molar-refractivity contribution in [1.82, 2.24) is 9.55 Å². The number of fused-ring (bicyclic) bond motifs is 4. The highest BCUT2D eigenvalue weighted by Crippen LogP contribution is 2.34. The lowest BCUT2D eigenvalue weighted by Gasteiger charge is -2.13. The van der Waals surface area contributed by atoms with E-state index in [1.165, 1.54) is 0 Å². The Kier molecular flexibility index (Phi) is 4.96. The Morgan fingerprint density at radius 3 is 2.22 bits per heavy atom. The molecule has 0 radical (unpaired) electrons. The summed E-state index contributed by atoms with van der Waals surface area (Å²) < 4.78 is 8.11. The third-order valence-corrected chi connectivity index (χ3v) is 6.80. The van der Waals surface area contributed by atoms with Gasteiger partial charge in [0.15, 0.2) is 0 Å². The largest absolute Gasteiger partial charge is 0.488 e. The van der Waals surface area contributed by atoms with Crippen molar-refractivity contribution < 1.29 is 14.5 Å². The second-order valence-corrected chi connectivity index (χ2v) is 9.12. The van der Waals surface area contributed by atoms with Crippen molar-refractivity contribution in [2.75, 3.05) is 0 Å². The van der Waals surface area contributed by atoms with Gasteiger partial charge in [-0.15, -0.1) is 0 Å². The molecule has 0 aliphatic rings. The predicted molar refractivity (Wildman–Crippen MR) is 149 cm³/mol. The summed E-state index contributed by atoms with van der Waals surface area (Å²) in [5.41, 5.74) is 7.48. The molecule has 0 aliphatic carbocycles. The first kappa shape index (κ1) is 21.6. The SMILES string of the molecule is OB(O)c1cc(-c2ccc3oc4ccccc4c3c2)cc(-c2nc3ccccc3n2-c2ccccc2)c1. The van der Waals surface area contributed by atoms with E-state index in [0.29, 0.717) is 5.46 Å². The number of aromatic nitrogens is 2. The van der Waals surface area contributed by atoms with Gasteiger partial charge in [0.05, 0.1) is 11.0 Å². The maximum Gasteiger partial charge on any atom is 0.488 e. The molecule has 176 valence electrons. The minimum atomic E-state index is -1.62. The van der Waals surface area contributed by atoms with Crippen LogP contribution in [0, 0.1) is 0 Å². The highest BCUT2D eigenvalue weighted by atomic mass is 16.4. The Morgan fingerprint density at radius 2 is 1.35 bits per heavy atom. The summed E-state index contributed by atoms with van der Waals surface area (Å²) in [5.74, 6) is 0.728. The predicted octanol–water partition coefficient (Wildman–Crippen LogP) is 5.94. The molecular weight excluding hydrogens is 459 g/mol. The van der Waals surface area contributed by atoms with Gasteiger partial charge in [0.1, 0.15) is 17.0 Å². The van der Waals surface area contributed by atoms with E-state index in [2.05, 4.69) is 16.7 Å². The molecule has 6 heteroatoms. The molecule has 7 aromatic rings. The zero-order valence-electron chi connectivity index (χ0n) is 19.7. The smallest absolute Gasteiger partial charge is 0.456 e. The topological polar surface area (TPSA) is 71.4 Å². The summed E-state index contributed by atoms with van der Waals surface area (Å²) in [7, 11) is -1.62. The van der Waals surface area contributed by atoms with Crippen LogP contribution in [0.4, 0.5) is 0 Å². The number of rotatable bonds is 4. The Bertz CT molecular complexity index is 1920. The highest BCUT2D eigenvalue weighted by Gasteiger charge is 2.20. The fourth-order valence-corrected chi connectivity index (χ4v) is 5.06. The van der Waals surface area contributed by atoms with E-state index in [1.807, 2.05) is 97.1 Å². The second-order valence-electron chi connectivity index (χ2n) is 9.12. The maximum absolute atomic E-state index is 10.2. The Balaban J connectivity index is 1.47. The van der Waals surface area contributed by atoms with Crippen molar-refractivity contribution in [2.45, 2.75) is 0 Å². The molecule has 2 N–H and O–H groups in total. The Labute approximate surface area is 213 Å². The number of para-hydroxylation sites is 4. The average molecular weight is 480 g/mol. The number of furan rings is 1. The summed E-state index contributed by atoms with van der Waals surface area (Å²) >= 11 is 0. The van der Waals surface area contributed by atoms with Crippen LogP contribution in [-0.4, -0.2) is 26.7 Å². The van der Waals surface area contributed by atoms with Gasteiger partial charge in [-0.25, -0.2) is 4.98 Å². The molecule has 0 unspecified atom stereocenters. The lowest BCUT2D eigenvalue weighted by molar-refractivity contribution is 0.426. The number of nitrogens with zero attached hydrogens (tertiary/aromatic N) is 2. The summed E-state index contributed by atoms with van der Waals surface area (Å²) in [5, 5.41) is 22.4. The number of benzene rings is 5. The zero-order chi connectivity index (χ0) is 24.9. The summed E-state index contributed by atoms with van der Waals surface area (Å²) in [4.78, 5) is 4.96. The van der Waals surface area contributed by atoms with E-state index >= 15 is 0 Å². The van der Waals surface area contributed by atoms with Gasteiger partial charge in [-0.05, 0) is 65.1 Å². The molecule has 2 aromatic heterocycles. The second kappa shape index (κ2) is 8.48. The van der Waals surface area contributed by atoms with Crippen LogP contribution in [0.25, 0.3) is 61.2 Å². The molecule has 0 bridgehead atoms. The normalized spacial score (nSPS) is 11.5. The number of hydrogen-bond acceptors (Lipinski definition) is 4. The Hall–Kier alpha value is -4.65. The van der Waals surface area contributed by atoms with Gasteiger partial charge < -0.3 is 14.5 Å². The van der Waals surface area contributed by atoms with Gasteiger partial charge in [-0.1, -0.05) is 66.7 Å². The number of hydrogen-bond donors (Lipinski definition) is 2. The molecule has 0 fully saturated rings. The lowest BCUT2D eigenvalue weighted by Crippen LogP contribution is -2.30. The molecular formula is C31H21BN2O3. The third-order valence-electron chi connectivity index (χ3n) is 6.80. The van der Waals surface area contributed by atoms with Crippen LogP contribution in [0.1, 0.15) is 0 Å². The fraction of sp³-hybridized carbons (Fsp3) is 0. The molecule has 0 atom stereocenters. The van der Waals surface area contributed by atoms with E-state index in [4.69, 9.17) is 9.40 Å². The van der Waals surface area contributed by atoms with Crippen molar-refractivity contribution in [3.63, 3.8) is 0 Å². The van der Waals surface area contributed by atoms with E-state index in [0.717, 1.165) is 61.2 Å². The third kappa shape index (κ3) is 3.62. The molecule has 7 rings (SSSR count). The van der Waals surface area contributed by atoms with Crippen molar-refractivity contribution in [2.24, 2.45) is 0 Å². The first-order valence-electron chi connectivity index (χ1n) is 12.1. The Morgan fingerprint density at radius 1 is 0.622 bits per heavy atom. The van der Waals surface area contributed by atoms with Crippen LogP contribution in [0.3, 0.4) is 0 Å². The van der Waals surface area contributed by atoms with Crippen molar-refractivity contribution >= 4 is 45.6 Å². The molecule has 37 heavy (non-hydrogen) atoms. The van der Waals surface area contributed by atoms with Gasteiger partial charge in [0.25, 0.3) is 0 Å². The van der Waals surface area contributed by atoms with E-state index in [9.17, 15) is 10.0 Å². The van der Waals surface area contributed by atoms with Gasteiger partial charge in [-0.3, -0.25) is 4.57 Å². The van der Waals surface area contributed by atoms with Gasteiger partial charge in [0.2, 0.25) is 0 Å². The summed E-state index contributed by atoms with van der Waals surface area (Å²) in [6.07, 6.45) is 0. The molecule has 0 saturated heterocycles. The monoisotopic (exact) mass is 480 g/mol. The average Bonchev–Trinajstić information content (AvgIpc) is 3.51. The lowest BCUT2D eigenvalue weighted by atomic mass is 9.78. The van der Waals surface area contributed by atoms with Crippen molar-refractivity contribution in [1.29, 1.82) is 0 Å². The van der Waals surface area contributed by atoms with Crippen LogP contribution in [0.15, 0.2) is 120 Å². The van der Waals surface area contributed by atoms with Crippen LogP contribution in [0.2, 0.25) is 0 Å². The first-order chi connectivity index (χ1) is 18.2. The van der Waals surface area contributed by atoms with E-state index in [-0.39, 0.29) is 0 Å². The molecule has 5 aromatic carbocycles. The quantitative estimate of drug-likeness (QED) is 0.306. The number of imidazole rings is 1. The van der Waals surface area contributed by atoms with Gasteiger partial charge >= 0.3 is 7.12 Å². The summed E-state index contributed by atoms with van der Waals surface area (Å²) in [6, 6.07) is 37.7. The summed E-state index contributed by atoms with van der Waals surface area (Å²) in [6.45, 7) is 0. The minimum absolute atomic E-state index is 0.399. The van der Waals surface area contributed by atoms with Crippen molar-refractivity contribution in [3.05, 3.63) is 115 Å². The van der Waals surface area contributed by atoms with Crippen LogP contribution < -0.4 is 5.46 Å². The van der Waals surface area contributed by atoms with E-state index < -0.39 is 7.12 Å².